The van der Waals surface area contributed by atoms with Crippen molar-refractivity contribution in [1.29, 1.82) is 0 Å². The molecule has 3 rings (SSSR count). The third-order valence-corrected chi connectivity index (χ3v) is 2.89. The minimum Gasteiger partial charge on any atom is -0.486 e. The number of fused-ring (bicyclic) bond motifs is 1. The fourth-order valence-electron chi connectivity index (χ4n) is 1.92. The smallest absolute Gasteiger partial charge is 0.248 e. The first-order valence-corrected chi connectivity index (χ1v) is 6.12. The summed E-state index contributed by atoms with van der Waals surface area (Å²) >= 11 is 0. The van der Waals surface area contributed by atoms with E-state index in [1.807, 2.05) is 6.07 Å². The molecule has 2 aromatic heterocycles. The first-order valence-electron chi connectivity index (χ1n) is 6.12. The van der Waals surface area contributed by atoms with Gasteiger partial charge in [0.25, 0.3) is 0 Å². The molecule has 0 saturated carbocycles. The molecule has 21 heavy (non-hydrogen) atoms. The van der Waals surface area contributed by atoms with Crippen LogP contribution in [-0.2, 0) is 6.61 Å². The molecule has 106 valence electrons. The largest absolute Gasteiger partial charge is 0.486 e. The number of amides is 1. The molecule has 0 unspecified atom stereocenters. The van der Waals surface area contributed by atoms with E-state index in [0.717, 1.165) is 5.56 Å². The zero-order valence-corrected chi connectivity index (χ0v) is 10.9. The first kappa shape index (κ1) is 12.9. The number of H-pyrrole nitrogens is 1. The Labute approximate surface area is 119 Å². The molecule has 0 radical (unpaired) electrons. The fraction of sp³-hybridized carbons (Fsp3) is 0.0769. The maximum Gasteiger partial charge on any atom is 0.248 e. The second kappa shape index (κ2) is 5.08. The Morgan fingerprint density at radius 2 is 2.19 bits per heavy atom. The van der Waals surface area contributed by atoms with Gasteiger partial charge in [-0.05, 0) is 17.7 Å². The van der Waals surface area contributed by atoms with Gasteiger partial charge in [0.2, 0.25) is 5.91 Å². The van der Waals surface area contributed by atoms with Crippen LogP contribution in [0.3, 0.4) is 0 Å². The number of nitrogen functional groups attached to an aromatic ring is 1. The third-order valence-electron chi connectivity index (χ3n) is 2.89. The van der Waals surface area contributed by atoms with Crippen molar-refractivity contribution in [3.05, 3.63) is 41.5 Å². The van der Waals surface area contributed by atoms with Crippen LogP contribution in [0.25, 0.3) is 11.2 Å². The molecule has 3 aromatic rings. The Hall–Kier alpha value is -3.16. The van der Waals surface area contributed by atoms with E-state index in [4.69, 9.17) is 16.2 Å². The lowest BCUT2D eigenvalue weighted by molar-refractivity contribution is 0.1000. The second-order valence-electron chi connectivity index (χ2n) is 4.41. The minimum atomic E-state index is -0.483. The summed E-state index contributed by atoms with van der Waals surface area (Å²) in [6.07, 6.45) is 0. The van der Waals surface area contributed by atoms with Crippen molar-refractivity contribution in [2.45, 2.75) is 6.61 Å². The molecule has 0 fully saturated rings. The zero-order valence-electron chi connectivity index (χ0n) is 10.9. The Balaban J connectivity index is 1.85. The van der Waals surface area contributed by atoms with E-state index in [9.17, 15) is 4.79 Å². The summed E-state index contributed by atoms with van der Waals surface area (Å²) in [5, 5.41) is 10.2. The highest BCUT2D eigenvalue weighted by Crippen LogP contribution is 2.24. The molecular formula is C13H12N6O2. The Bertz CT molecular complexity index is 813. The fourth-order valence-corrected chi connectivity index (χ4v) is 1.92. The molecule has 0 saturated heterocycles. The monoisotopic (exact) mass is 284 g/mol. The predicted octanol–water partition coefficient (Wildman–Crippen LogP) is 0.613. The molecular weight excluding hydrogens is 272 g/mol. The zero-order chi connectivity index (χ0) is 14.8. The normalized spacial score (nSPS) is 10.7. The number of nitrogens with zero attached hydrogens (tertiary/aromatic N) is 3. The summed E-state index contributed by atoms with van der Waals surface area (Å²) in [7, 11) is 0. The number of aromatic amines is 1. The van der Waals surface area contributed by atoms with E-state index in [0.29, 0.717) is 28.3 Å². The van der Waals surface area contributed by atoms with Crippen molar-refractivity contribution in [1.82, 2.24) is 20.4 Å². The van der Waals surface area contributed by atoms with E-state index in [2.05, 4.69) is 20.4 Å². The maximum absolute atomic E-state index is 11.1. The number of anilines is 1. The lowest BCUT2D eigenvalue weighted by atomic mass is 10.1. The number of nitrogens with two attached hydrogens (primary N) is 2. The number of benzene rings is 1. The minimum absolute atomic E-state index is 0.243. The second-order valence-corrected chi connectivity index (χ2v) is 4.41. The van der Waals surface area contributed by atoms with Crippen LogP contribution in [0, 0.1) is 0 Å². The molecule has 0 spiro atoms. The highest BCUT2D eigenvalue weighted by atomic mass is 16.5. The molecule has 5 N–H and O–H groups in total. The quantitative estimate of drug-likeness (QED) is 0.643. The van der Waals surface area contributed by atoms with Crippen LogP contribution >= 0.6 is 0 Å². The van der Waals surface area contributed by atoms with Gasteiger partial charge in [-0.3, -0.25) is 4.79 Å². The summed E-state index contributed by atoms with van der Waals surface area (Å²) in [5.41, 5.74) is 13.1. The van der Waals surface area contributed by atoms with Crippen molar-refractivity contribution >= 4 is 22.9 Å². The van der Waals surface area contributed by atoms with Crippen molar-refractivity contribution < 1.29 is 9.53 Å². The summed E-state index contributed by atoms with van der Waals surface area (Å²) in [5.74, 6) is 0.286. The number of hydrogen-bond donors (Lipinski definition) is 3. The topological polar surface area (TPSA) is 133 Å². The molecule has 0 atom stereocenters. The Morgan fingerprint density at radius 3 is 3.00 bits per heavy atom. The number of hydrogen-bond acceptors (Lipinski definition) is 6. The van der Waals surface area contributed by atoms with Crippen molar-refractivity contribution in [3.8, 4) is 5.75 Å². The number of pyridine rings is 1. The highest BCUT2D eigenvalue weighted by molar-refractivity contribution is 5.92. The van der Waals surface area contributed by atoms with Gasteiger partial charge < -0.3 is 16.2 Å². The Morgan fingerprint density at radius 1 is 1.33 bits per heavy atom. The van der Waals surface area contributed by atoms with Crippen molar-refractivity contribution in [3.63, 3.8) is 0 Å². The van der Waals surface area contributed by atoms with Crippen LogP contribution in [0.15, 0.2) is 30.3 Å². The molecule has 1 aromatic carbocycles. The van der Waals surface area contributed by atoms with Gasteiger partial charge in [0.1, 0.15) is 12.4 Å². The van der Waals surface area contributed by atoms with E-state index in [1.54, 1.807) is 24.3 Å². The predicted molar refractivity (Wildman–Crippen MR) is 75.4 cm³/mol. The highest BCUT2D eigenvalue weighted by Gasteiger charge is 2.10. The van der Waals surface area contributed by atoms with Gasteiger partial charge in [0.15, 0.2) is 16.9 Å². The lowest BCUT2D eigenvalue weighted by Crippen LogP contribution is -2.11. The SMILES string of the molecule is NC(=O)c1cccc(COc2cc(N)nc3[nH]nnc23)c1. The molecule has 0 bridgehead atoms. The number of ether oxygens (including phenoxy) is 1. The number of primary amides is 1. The standard InChI is InChI=1S/C13H12N6O2/c14-10-5-9(11-13(16-10)18-19-17-11)21-6-7-2-1-3-8(4-7)12(15)20/h1-5H,6H2,(H2,15,20)(H3,14,16,17,18,19). The van der Waals surface area contributed by atoms with Crippen LogP contribution in [-0.4, -0.2) is 26.3 Å². The molecule has 2 heterocycles. The van der Waals surface area contributed by atoms with Gasteiger partial charge in [-0.15, -0.1) is 5.10 Å². The molecule has 8 nitrogen and oxygen atoms in total. The van der Waals surface area contributed by atoms with Gasteiger partial charge in [0.05, 0.1) is 0 Å². The van der Waals surface area contributed by atoms with Crippen LogP contribution in [0.4, 0.5) is 5.82 Å². The van der Waals surface area contributed by atoms with Gasteiger partial charge in [0, 0.05) is 11.6 Å². The number of aromatic nitrogens is 4. The summed E-state index contributed by atoms with van der Waals surface area (Å²) in [6, 6.07) is 8.46. The average Bonchev–Trinajstić information content (AvgIpc) is 2.93. The lowest BCUT2D eigenvalue weighted by Gasteiger charge is -2.07. The maximum atomic E-state index is 11.1. The number of nitrogens with one attached hydrogen (secondary N) is 1. The van der Waals surface area contributed by atoms with E-state index >= 15 is 0 Å². The molecule has 0 aliphatic rings. The molecule has 0 aliphatic heterocycles. The summed E-state index contributed by atoms with van der Waals surface area (Å²) < 4.78 is 5.68. The van der Waals surface area contributed by atoms with Crippen molar-refractivity contribution in [2.24, 2.45) is 5.73 Å². The average molecular weight is 284 g/mol. The van der Waals surface area contributed by atoms with Crippen LogP contribution < -0.4 is 16.2 Å². The van der Waals surface area contributed by atoms with Gasteiger partial charge >= 0.3 is 0 Å². The van der Waals surface area contributed by atoms with Crippen LogP contribution in [0.5, 0.6) is 5.75 Å². The third kappa shape index (κ3) is 2.59. The van der Waals surface area contributed by atoms with E-state index < -0.39 is 5.91 Å². The van der Waals surface area contributed by atoms with Gasteiger partial charge in [-0.2, -0.15) is 0 Å². The van der Waals surface area contributed by atoms with Gasteiger partial charge in [-0.1, -0.05) is 17.3 Å². The van der Waals surface area contributed by atoms with Gasteiger partial charge in [-0.25, -0.2) is 10.1 Å². The van der Waals surface area contributed by atoms with Crippen molar-refractivity contribution in [2.75, 3.05) is 5.73 Å². The van der Waals surface area contributed by atoms with Crippen LogP contribution in [0.2, 0.25) is 0 Å². The molecule has 8 heteroatoms. The van der Waals surface area contributed by atoms with E-state index in [-0.39, 0.29) is 6.61 Å². The molecule has 1 amide bonds. The number of rotatable bonds is 4. The van der Waals surface area contributed by atoms with Crippen LogP contribution in [0.1, 0.15) is 15.9 Å². The summed E-state index contributed by atoms with van der Waals surface area (Å²) in [6.45, 7) is 0.243. The first-order chi connectivity index (χ1) is 10.1. The number of carbonyl (C=O) groups is 1. The van der Waals surface area contributed by atoms with E-state index in [1.165, 1.54) is 0 Å². The Kier molecular flexibility index (Phi) is 3.11. The molecule has 0 aliphatic carbocycles. The summed E-state index contributed by atoms with van der Waals surface area (Å²) in [4.78, 5) is 15.2. The number of carbonyl (C=O) groups excluding carboxylic acids is 1.